The van der Waals surface area contributed by atoms with Crippen molar-refractivity contribution in [3.63, 3.8) is 0 Å². The highest BCUT2D eigenvalue weighted by atomic mass is 32.2. The first-order valence-corrected chi connectivity index (χ1v) is 12.8. The van der Waals surface area contributed by atoms with E-state index in [1.807, 2.05) is 6.07 Å². The third-order valence-corrected chi connectivity index (χ3v) is 7.55. The Bertz CT molecular complexity index is 1320. The topological polar surface area (TPSA) is 191 Å². The van der Waals surface area contributed by atoms with Crippen molar-refractivity contribution in [1.82, 2.24) is 15.2 Å². The van der Waals surface area contributed by atoms with Gasteiger partial charge in [0.05, 0.1) is 11.7 Å². The molecule has 15 heteroatoms. The van der Waals surface area contributed by atoms with Gasteiger partial charge in [-0.2, -0.15) is 0 Å². The van der Waals surface area contributed by atoms with Crippen LogP contribution in [0.1, 0.15) is 19.5 Å². The number of fused-ring (bicyclic) bond motifs is 1. The van der Waals surface area contributed by atoms with Crippen molar-refractivity contribution in [3.05, 3.63) is 52.9 Å². The number of oxime groups is 1. The summed E-state index contributed by atoms with van der Waals surface area (Å²) in [5, 5.41) is 28.4. The summed E-state index contributed by atoms with van der Waals surface area (Å²) in [7, 11) is 0. The molecule has 4 N–H and O–H groups in total. The van der Waals surface area contributed by atoms with Gasteiger partial charge in [0.25, 0.3) is 11.8 Å². The summed E-state index contributed by atoms with van der Waals surface area (Å²) in [6.45, 7) is 2.74. The predicted molar refractivity (Wildman–Crippen MR) is 130 cm³/mol. The quantitative estimate of drug-likeness (QED) is 0.147. The second-order valence-electron chi connectivity index (χ2n) is 8.57. The van der Waals surface area contributed by atoms with Gasteiger partial charge in [0, 0.05) is 28.8 Å². The van der Waals surface area contributed by atoms with Gasteiger partial charge in [-0.15, -0.1) is 23.1 Å². The zero-order chi connectivity index (χ0) is 26.9. The van der Waals surface area contributed by atoms with Crippen molar-refractivity contribution >= 4 is 57.7 Å². The van der Waals surface area contributed by atoms with E-state index in [4.69, 9.17) is 10.6 Å². The van der Waals surface area contributed by atoms with E-state index in [1.165, 1.54) is 31.0 Å². The van der Waals surface area contributed by atoms with Crippen LogP contribution in [0.5, 0.6) is 0 Å². The summed E-state index contributed by atoms with van der Waals surface area (Å²) >= 11 is 2.32. The lowest BCUT2D eigenvalue weighted by Crippen LogP contribution is -2.71. The molecule has 1 fully saturated rings. The maximum atomic E-state index is 13.1. The first-order valence-electron chi connectivity index (χ1n) is 10.8. The lowest BCUT2D eigenvalue weighted by atomic mass is 10.0. The molecule has 0 saturated carbocycles. The summed E-state index contributed by atoms with van der Waals surface area (Å²) in [6, 6.07) is 4.36. The van der Waals surface area contributed by atoms with Crippen molar-refractivity contribution in [1.29, 1.82) is 0 Å². The standard InChI is InChI=1S/C22H22N6O7S2/c1-22(2,20(33)34)35-26-13(12-10-37-21(23)24-12)16(29)25-14-17(30)28-15(19(31)32)11(9-36-18(14)28)8-27-6-4-3-5-7-27/h3-7,10,14,18H,8-9H2,1-2H3,(H4-,23,24,25,29,31,32,33,34)/t14?,18-/m1/s1. The second-order valence-corrected chi connectivity index (χ2v) is 10.6. The molecule has 0 aliphatic carbocycles. The Kier molecular flexibility index (Phi) is 7.18. The van der Waals surface area contributed by atoms with Gasteiger partial charge < -0.3 is 30.9 Å². The Hall–Kier alpha value is -3.98. The van der Waals surface area contributed by atoms with Gasteiger partial charge in [0.15, 0.2) is 29.8 Å². The molecule has 2 aliphatic heterocycles. The molecule has 1 unspecified atom stereocenters. The van der Waals surface area contributed by atoms with Gasteiger partial charge in [-0.3, -0.25) is 14.5 Å². The van der Waals surface area contributed by atoms with Crippen LogP contribution in [0.3, 0.4) is 0 Å². The van der Waals surface area contributed by atoms with Gasteiger partial charge in [0.2, 0.25) is 5.60 Å². The van der Waals surface area contributed by atoms with Crippen LogP contribution in [-0.2, 0) is 30.6 Å². The maximum Gasteiger partial charge on any atom is 0.350 e. The monoisotopic (exact) mass is 546 g/mol. The van der Waals surface area contributed by atoms with E-state index in [0.29, 0.717) is 11.3 Å². The molecular weight excluding hydrogens is 524 g/mol. The molecule has 2 aromatic heterocycles. The SMILES string of the molecule is CC(C)(ON=C(C(=O)NC1C(=O)N2C(C(=O)[O-])=C(C[n+]3ccccc3)CS[C@H]12)c1csc(N)n1)C(=O)O. The van der Waals surface area contributed by atoms with Crippen molar-refractivity contribution < 1.29 is 38.8 Å². The Balaban J connectivity index is 1.55. The number of rotatable bonds is 9. The van der Waals surface area contributed by atoms with Gasteiger partial charge in [0.1, 0.15) is 17.1 Å². The zero-order valence-electron chi connectivity index (χ0n) is 19.6. The number of carboxylic acid groups (broad SMARTS) is 2. The van der Waals surface area contributed by atoms with Gasteiger partial charge in [-0.1, -0.05) is 11.2 Å². The molecule has 1 saturated heterocycles. The second kappa shape index (κ2) is 10.2. The fourth-order valence-electron chi connectivity index (χ4n) is 3.56. The Labute approximate surface area is 218 Å². The van der Waals surface area contributed by atoms with Crippen molar-refractivity contribution in [3.8, 4) is 0 Å². The molecule has 4 heterocycles. The number of amides is 2. The first kappa shape index (κ1) is 26.1. The number of pyridine rings is 1. The molecule has 2 aliphatic rings. The largest absolute Gasteiger partial charge is 0.543 e. The number of hydrogen-bond donors (Lipinski definition) is 3. The number of thiazole rings is 1. The summed E-state index contributed by atoms with van der Waals surface area (Å²) in [5.41, 5.74) is 3.83. The minimum Gasteiger partial charge on any atom is -0.543 e. The molecule has 2 atom stereocenters. The van der Waals surface area contributed by atoms with Crippen molar-refractivity contribution in [2.75, 3.05) is 11.5 Å². The molecule has 0 aromatic carbocycles. The van der Waals surface area contributed by atoms with E-state index in [2.05, 4.69) is 15.5 Å². The van der Waals surface area contributed by atoms with Crippen LogP contribution < -0.4 is 20.7 Å². The Morgan fingerprint density at radius 1 is 1.35 bits per heavy atom. The van der Waals surface area contributed by atoms with Crippen LogP contribution in [0.15, 0.2) is 52.4 Å². The molecule has 194 valence electrons. The van der Waals surface area contributed by atoms with Crippen LogP contribution in [0.25, 0.3) is 0 Å². The molecular formula is C22H22N6O7S2. The number of nitrogens with one attached hydrogen (secondary N) is 1. The van der Waals surface area contributed by atoms with Crippen LogP contribution in [0.4, 0.5) is 5.13 Å². The minimum atomic E-state index is -1.75. The number of nitrogens with two attached hydrogens (primary N) is 1. The summed E-state index contributed by atoms with van der Waals surface area (Å²) in [6.07, 6.45) is 3.55. The van der Waals surface area contributed by atoms with E-state index in [9.17, 15) is 29.4 Å². The Morgan fingerprint density at radius 2 is 2.05 bits per heavy atom. The molecule has 37 heavy (non-hydrogen) atoms. The van der Waals surface area contributed by atoms with E-state index >= 15 is 0 Å². The third-order valence-electron chi connectivity index (χ3n) is 5.54. The van der Waals surface area contributed by atoms with Crippen LogP contribution >= 0.6 is 23.1 Å². The predicted octanol–water partition coefficient (Wildman–Crippen LogP) is -1.30. The summed E-state index contributed by atoms with van der Waals surface area (Å²) in [5.74, 6) is -4.01. The normalized spacial score (nSPS) is 19.7. The fourth-order valence-corrected chi connectivity index (χ4v) is 5.45. The number of aliphatic carboxylic acids is 2. The van der Waals surface area contributed by atoms with Crippen LogP contribution in [0.2, 0.25) is 0 Å². The first-order chi connectivity index (χ1) is 17.5. The molecule has 0 radical (unpaired) electrons. The van der Waals surface area contributed by atoms with E-state index in [-0.39, 0.29) is 28.8 Å². The number of carbonyl (C=O) groups is 4. The third kappa shape index (κ3) is 5.27. The number of nitrogen functional groups attached to an aromatic ring is 1. The average Bonchev–Trinajstić information content (AvgIpc) is 3.28. The zero-order valence-corrected chi connectivity index (χ0v) is 21.2. The minimum absolute atomic E-state index is 0.0265. The van der Waals surface area contributed by atoms with Crippen molar-refractivity contribution in [2.24, 2.45) is 5.16 Å². The number of aromatic nitrogens is 2. The van der Waals surface area contributed by atoms with Crippen LogP contribution in [-0.4, -0.2) is 67.2 Å². The number of hydrogen-bond acceptors (Lipinski definition) is 11. The fraction of sp³-hybridized carbons (Fsp3) is 0.318. The molecule has 0 bridgehead atoms. The smallest absolute Gasteiger partial charge is 0.350 e. The summed E-state index contributed by atoms with van der Waals surface area (Å²) < 4.78 is 1.78. The molecule has 2 aromatic rings. The van der Waals surface area contributed by atoms with Crippen LogP contribution in [0, 0.1) is 0 Å². The average molecular weight is 547 g/mol. The van der Waals surface area contributed by atoms with Gasteiger partial charge in [-0.05, 0) is 13.8 Å². The number of thioether (sulfide) groups is 1. The van der Waals surface area contributed by atoms with E-state index < -0.39 is 40.8 Å². The number of carbonyl (C=O) groups excluding carboxylic acids is 3. The Morgan fingerprint density at radius 3 is 2.65 bits per heavy atom. The molecule has 2 amide bonds. The molecule has 0 spiro atoms. The molecule has 4 rings (SSSR count). The number of nitrogens with zero attached hydrogens (tertiary/aromatic N) is 4. The number of β-lactam (4-membered cyclic amide) rings is 1. The van der Waals surface area contributed by atoms with E-state index in [0.717, 1.165) is 16.2 Å². The lowest BCUT2D eigenvalue weighted by Gasteiger charge is -2.50. The highest BCUT2D eigenvalue weighted by Gasteiger charge is 2.53. The number of carboxylic acids is 2. The highest BCUT2D eigenvalue weighted by Crippen LogP contribution is 2.40. The highest BCUT2D eigenvalue weighted by molar-refractivity contribution is 8.00. The van der Waals surface area contributed by atoms with Crippen molar-refractivity contribution in [2.45, 2.75) is 37.4 Å². The van der Waals surface area contributed by atoms with E-state index in [1.54, 1.807) is 29.1 Å². The summed E-state index contributed by atoms with van der Waals surface area (Å²) in [4.78, 5) is 59.6. The van der Waals surface area contributed by atoms with Gasteiger partial charge >= 0.3 is 5.97 Å². The number of anilines is 1. The molecule has 13 nitrogen and oxygen atoms in total. The maximum absolute atomic E-state index is 13.1. The lowest BCUT2D eigenvalue weighted by molar-refractivity contribution is -0.689. The van der Waals surface area contributed by atoms with Gasteiger partial charge in [-0.25, -0.2) is 14.3 Å².